The van der Waals surface area contributed by atoms with E-state index < -0.39 is 12.6 Å². The summed E-state index contributed by atoms with van der Waals surface area (Å²) in [4.78, 5) is 32.1. The van der Waals surface area contributed by atoms with Crippen LogP contribution in [0.3, 0.4) is 0 Å². The van der Waals surface area contributed by atoms with Crippen molar-refractivity contribution in [3.8, 4) is 6.01 Å². The number of halogens is 2. The van der Waals surface area contributed by atoms with E-state index in [1.54, 1.807) is 13.0 Å². The van der Waals surface area contributed by atoms with Gasteiger partial charge in [-0.2, -0.15) is 0 Å². The zero-order valence-electron chi connectivity index (χ0n) is 19.3. The van der Waals surface area contributed by atoms with Crippen molar-refractivity contribution < 1.29 is 27.9 Å². The number of carbonyl (C=O) groups is 2. The number of ether oxygens (including phenoxy) is 2. The van der Waals surface area contributed by atoms with Crippen LogP contribution in [0.5, 0.6) is 6.01 Å². The molecule has 2 N–H and O–H groups in total. The van der Waals surface area contributed by atoms with E-state index >= 15 is 0 Å². The zero-order chi connectivity index (χ0) is 25.2. The van der Waals surface area contributed by atoms with Crippen LogP contribution in [0.2, 0.25) is 0 Å². The predicted molar refractivity (Wildman–Crippen MR) is 125 cm³/mol. The minimum Gasteiger partial charge on any atom is -0.469 e. The number of hydrogen-bond acceptors (Lipinski definition) is 10. The van der Waals surface area contributed by atoms with Crippen LogP contribution in [0.15, 0.2) is 39.7 Å². The van der Waals surface area contributed by atoms with Crippen molar-refractivity contribution in [3.05, 3.63) is 41.2 Å². The number of methoxy groups -OCH3 is 1. The lowest BCUT2D eigenvalue weighted by molar-refractivity contribution is -0.142. The van der Waals surface area contributed by atoms with E-state index in [9.17, 15) is 14.0 Å². The molecule has 3 rings (SSSR count). The molecule has 1 fully saturated rings. The SMILES string of the molecule is C/C=C(\C=C(\Cl)CF)Nc1nnc(C(=O)Nc2cnc(OC3CCC(CC(=O)OC)CC3)nc2)o1. The average Bonchev–Trinajstić information content (AvgIpc) is 3.34. The van der Waals surface area contributed by atoms with Gasteiger partial charge in [0.25, 0.3) is 0 Å². The number of alkyl halides is 1. The van der Waals surface area contributed by atoms with Crippen molar-refractivity contribution in [3.63, 3.8) is 0 Å². The highest BCUT2D eigenvalue weighted by atomic mass is 35.5. The minimum atomic E-state index is -0.817. The normalized spacial score (nSPS) is 18.6. The maximum absolute atomic E-state index is 12.6. The van der Waals surface area contributed by atoms with Gasteiger partial charge in [-0.05, 0) is 44.6 Å². The molecule has 0 radical (unpaired) electrons. The van der Waals surface area contributed by atoms with Crippen LogP contribution in [-0.2, 0) is 9.53 Å². The van der Waals surface area contributed by atoms with Gasteiger partial charge < -0.3 is 24.5 Å². The van der Waals surface area contributed by atoms with E-state index in [0.29, 0.717) is 23.7 Å². The lowest BCUT2D eigenvalue weighted by atomic mass is 9.85. The van der Waals surface area contributed by atoms with Crippen LogP contribution in [0.4, 0.5) is 16.1 Å². The second-order valence-electron chi connectivity index (χ2n) is 7.76. The smallest absolute Gasteiger partial charge is 0.320 e. The molecule has 1 aliphatic rings. The topological polar surface area (TPSA) is 141 Å². The van der Waals surface area contributed by atoms with Gasteiger partial charge in [0.2, 0.25) is 0 Å². The summed E-state index contributed by atoms with van der Waals surface area (Å²) in [6.07, 6.45) is 9.49. The van der Waals surface area contributed by atoms with Crippen LogP contribution in [0.1, 0.15) is 49.7 Å². The van der Waals surface area contributed by atoms with Gasteiger partial charge in [-0.1, -0.05) is 22.8 Å². The van der Waals surface area contributed by atoms with E-state index in [1.165, 1.54) is 25.6 Å². The highest BCUT2D eigenvalue weighted by molar-refractivity contribution is 6.29. The Morgan fingerprint density at radius 3 is 2.54 bits per heavy atom. The fraction of sp³-hybridized carbons (Fsp3) is 0.455. The number of esters is 1. The molecule has 0 saturated heterocycles. The monoisotopic (exact) mass is 508 g/mol. The molecule has 1 saturated carbocycles. The predicted octanol–water partition coefficient (Wildman–Crippen LogP) is 4.02. The van der Waals surface area contributed by atoms with E-state index in [4.69, 9.17) is 25.5 Å². The van der Waals surface area contributed by atoms with Crippen molar-refractivity contribution in [1.29, 1.82) is 0 Å². The highest BCUT2D eigenvalue weighted by Gasteiger charge is 2.25. The molecular formula is C22H26ClFN6O5. The molecule has 35 heavy (non-hydrogen) atoms. The maximum Gasteiger partial charge on any atom is 0.320 e. The van der Waals surface area contributed by atoms with Gasteiger partial charge in [-0.3, -0.25) is 9.59 Å². The molecule has 188 valence electrons. The summed E-state index contributed by atoms with van der Waals surface area (Å²) >= 11 is 5.68. The summed E-state index contributed by atoms with van der Waals surface area (Å²) in [5, 5.41) is 12.7. The standard InChI is InChI=1S/C22H26ClFN6O5/c1-3-15(9-14(23)10-24)28-22-30-29-20(35-22)19(32)27-16-11-25-21(26-12-16)34-17-6-4-13(5-7-17)8-18(31)33-2/h3,9,11-13,17H,4-8,10H2,1-2H3,(H,27,32)(H,28,30)/b14-9+,15-3+. The maximum atomic E-state index is 12.6. The number of carbonyl (C=O) groups excluding carboxylic acids is 2. The third-order valence-corrected chi connectivity index (χ3v) is 5.47. The lowest BCUT2D eigenvalue weighted by Gasteiger charge is -2.27. The Morgan fingerprint density at radius 1 is 1.20 bits per heavy atom. The molecule has 2 heterocycles. The molecule has 13 heteroatoms. The average molecular weight is 509 g/mol. The molecule has 1 aliphatic carbocycles. The van der Waals surface area contributed by atoms with Gasteiger partial charge in [0.1, 0.15) is 12.8 Å². The molecule has 2 aromatic heterocycles. The Bertz CT molecular complexity index is 1070. The first kappa shape index (κ1) is 26.1. The number of allylic oxidation sites excluding steroid dienone is 3. The quantitative estimate of drug-likeness (QED) is 0.357. The van der Waals surface area contributed by atoms with Crippen molar-refractivity contribution in [1.82, 2.24) is 20.2 Å². The fourth-order valence-corrected chi connectivity index (χ4v) is 3.55. The summed E-state index contributed by atoms with van der Waals surface area (Å²) in [7, 11) is 1.39. The lowest BCUT2D eigenvalue weighted by Crippen LogP contribution is -2.26. The summed E-state index contributed by atoms with van der Waals surface area (Å²) in [5.41, 5.74) is 0.729. The number of nitrogens with one attached hydrogen (secondary N) is 2. The molecular weight excluding hydrogens is 483 g/mol. The Balaban J connectivity index is 1.49. The van der Waals surface area contributed by atoms with Crippen LogP contribution in [0.25, 0.3) is 0 Å². The molecule has 0 bridgehead atoms. The molecule has 11 nitrogen and oxygen atoms in total. The van der Waals surface area contributed by atoms with Crippen LogP contribution >= 0.6 is 11.6 Å². The highest BCUT2D eigenvalue weighted by Crippen LogP contribution is 2.29. The zero-order valence-corrected chi connectivity index (χ0v) is 20.0. The van der Waals surface area contributed by atoms with Gasteiger partial charge >= 0.3 is 29.8 Å². The van der Waals surface area contributed by atoms with Crippen molar-refractivity contribution in [2.24, 2.45) is 5.92 Å². The molecule has 0 aliphatic heterocycles. The first-order valence-electron chi connectivity index (χ1n) is 11.0. The first-order valence-corrected chi connectivity index (χ1v) is 11.3. The number of amides is 1. The summed E-state index contributed by atoms with van der Waals surface area (Å²) in [5.74, 6) is -0.851. The Morgan fingerprint density at radius 2 is 1.91 bits per heavy atom. The van der Waals surface area contributed by atoms with Crippen LogP contribution in [-0.4, -0.2) is 51.9 Å². The van der Waals surface area contributed by atoms with Gasteiger partial charge in [0.15, 0.2) is 0 Å². The molecule has 0 spiro atoms. The molecule has 0 atom stereocenters. The Labute approximate surface area is 206 Å². The second-order valence-corrected chi connectivity index (χ2v) is 8.24. The fourth-order valence-electron chi connectivity index (χ4n) is 3.44. The number of rotatable bonds is 10. The van der Waals surface area contributed by atoms with Gasteiger partial charge in [-0.25, -0.2) is 14.4 Å². The number of nitrogens with zero attached hydrogens (tertiary/aromatic N) is 4. The Hall–Kier alpha value is -3.54. The minimum absolute atomic E-state index is 0.0123. The number of anilines is 2. The van der Waals surface area contributed by atoms with Crippen molar-refractivity contribution in [2.45, 2.75) is 45.1 Å². The summed E-state index contributed by atoms with van der Waals surface area (Å²) < 4.78 is 28.4. The van der Waals surface area contributed by atoms with Crippen molar-refractivity contribution >= 4 is 35.2 Å². The van der Waals surface area contributed by atoms with E-state index in [-0.39, 0.29) is 35.0 Å². The second kappa shape index (κ2) is 12.8. The summed E-state index contributed by atoms with van der Waals surface area (Å²) in [6, 6.07) is 0.131. The third-order valence-electron chi connectivity index (χ3n) is 5.26. The molecule has 2 aromatic rings. The van der Waals surface area contributed by atoms with E-state index in [0.717, 1.165) is 25.7 Å². The Kier molecular flexibility index (Phi) is 9.53. The summed E-state index contributed by atoms with van der Waals surface area (Å²) in [6.45, 7) is 0.886. The molecule has 0 aromatic carbocycles. The van der Waals surface area contributed by atoms with Crippen LogP contribution in [0, 0.1) is 5.92 Å². The number of aromatic nitrogens is 4. The molecule has 0 unspecified atom stereocenters. The first-order chi connectivity index (χ1) is 16.9. The largest absolute Gasteiger partial charge is 0.469 e. The van der Waals surface area contributed by atoms with Gasteiger partial charge in [-0.15, -0.1) is 5.10 Å². The van der Waals surface area contributed by atoms with Crippen molar-refractivity contribution in [2.75, 3.05) is 24.4 Å². The van der Waals surface area contributed by atoms with Gasteiger partial charge in [0, 0.05) is 12.1 Å². The molecule has 1 amide bonds. The van der Waals surface area contributed by atoms with E-state index in [2.05, 4.69) is 30.8 Å². The van der Waals surface area contributed by atoms with Gasteiger partial charge in [0.05, 0.1) is 30.2 Å². The van der Waals surface area contributed by atoms with Crippen LogP contribution < -0.4 is 15.4 Å². The third kappa shape index (κ3) is 8.02. The number of hydrogen-bond donors (Lipinski definition) is 2. The van der Waals surface area contributed by atoms with E-state index in [1.807, 2.05) is 0 Å².